The molecule has 0 unspecified atom stereocenters. The maximum absolute atomic E-state index is 13.2. The van der Waals surface area contributed by atoms with Gasteiger partial charge in [-0.15, -0.1) is 24.8 Å². The van der Waals surface area contributed by atoms with Gasteiger partial charge in [-0.25, -0.2) is 4.79 Å². The van der Waals surface area contributed by atoms with E-state index in [4.69, 9.17) is 4.74 Å². The molecule has 3 rings (SSSR count). The quantitative estimate of drug-likeness (QED) is 0.477. The molecule has 1 aliphatic rings. The second-order valence-corrected chi connectivity index (χ2v) is 7.97. The summed E-state index contributed by atoms with van der Waals surface area (Å²) in [4.78, 5) is 29.4. The van der Waals surface area contributed by atoms with Gasteiger partial charge in [-0.3, -0.25) is 9.69 Å². The number of nitrogens with zero attached hydrogens (tertiary/aromatic N) is 2. The summed E-state index contributed by atoms with van der Waals surface area (Å²) in [7, 11) is 1.72. The number of alkyl carbamates (subject to hydrolysis) is 1. The topological polar surface area (TPSA) is 94.1 Å². The van der Waals surface area contributed by atoms with Crippen LogP contribution in [0.3, 0.4) is 0 Å². The van der Waals surface area contributed by atoms with Crippen LogP contribution in [0.25, 0.3) is 0 Å². The Morgan fingerprint density at radius 3 is 2.35 bits per heavy atom. The first kappa shape index (κ1) is 29.5. The van der Waals surface area contributed by atoms with Gasteiger partial charge in [0, 0.05) is 52.7 Å². The van der Waals surface area contributed by atoms with E-state index in [2.05, 4.69) is 15.5 Å². The second kappa shape index (κ2) is 15.4. The largest absolute Gasteiger partial charge is 0.508 e. The summed E-state index contributed by atoms with van der Waals surface area (Å²) in [6, 6.07) is 15.5. The molecule has 0 spiro atoms. The van der Waals surface area contributed by atoms with E-state index in [-0.39, 0.29) is 43.1 Å². The maximum atomic E-state index is 13.2. The standard InChI is InChI=1S/C24H32N4O4.2ClH/c1-27(18-20-5-3-2-4-6-20)23(30)22(17-19-7-9-21(29)10-8-19)26-24(31)32-16-15-28-13-11-25-12-14-28;;/h2-10,22,25,29H,11-18H2,1H3,(H,26,31);2*1H/t22-;;/m0../s1. The highest BCUT2D eigenvalue weighted by Crippen LogP contribution is 2.13. The number of ether oxygens (including phenoxy) is 1. The molecule has 8 nitrogen and oxygen atoms in total. The van der Waals surface area contributed by atoms with Crippen LogP contribution in [-0.4, -0.2) is 79.3 Å². The Balaban J connectivity index is 0.00000289. The summed E-state index contributed by atoms with van der Waals surface area (Å²) >= 11 is 0. The van der Waals surface area contributed by atoms with Gasteiger partial charge in [0.25, 0.3) is 0 Å². The molecular weight excluding hydrogens is 479 g/mol. The lowest BCUT2D eigenvalue weighted by atomic mass is 10.0. The monoisotopic (exact) mass is 512 g/mol. The van der Waals surface area contributed by atoms with Gasteiger partial charge >= 0.3 is 6.09 Å². The normalized spacial score (nSPS) is 14.1. The third-order valence-electron chi connectivity index (χ3n) is 5.46. The van der Waals surface area contributed by atoms with Gasteiger partial charge in [-0.05, 0) is 23.3 Å². The van der Waals surface area contributed by atoms with Crippen molar-refractivity contribution in [1.82, 2.24) is 20.4 Å². The molecule has 34 heavy (non-hydrogen) atoms. The summed E-state index contributed by atoms with van der Waals surface area (Å²) in [5, 5.41) is 15.6. The number of rotatable bonds is 9. The number of aromatic hydroxyl groups is 1. The highest BCUT2D eigenvalue weighted by Gasteiger charge is 2.25. The van der Waals surface area contributed by atoms with Crippen LogP contribution in [-0.2, 0) is 22.5 Å². The number of piperazine rings is 1. The molecule has 0 aliphatic carbocycles. The number of carbonyl (C=O) groups excluding carboxylic acids is 2. The predicted molar refractivity (Wildman–Crippen MR) is 137 cm³/mol. The van der Waals surface area contributed by atoms with Gasteiger partial charge < -0.3 is 25.4 Å². The van der Waals surface area contributed by atoms with Crippen LogP contribution in [0.15, 0.2) is 54.6 Å². The van der Waals surface area contributed by atoms with E-state index in [0.29, 0.717) is 19.5 Å². The number of nitrogens with one attached hydrogen (secondary N) is 2. The number of likely N-dealkylation sites (N-methyl/N-ethyl adjacent to an activating group) is 1. The Hall–Kier alpha value is -2.52. The number of carbonyl (C=O) groups is 2. The highest BCUT2D eigenvalue weighted by atomic mass is 35.5. The van der Waals surface area contributed by atoms with Crippen molar-refractivity contribution in [3.05, 3.63) is 65.7 Å². The Bertz CT molecular complexity index is 865. The van der Waals surface area contributed by atoms with E-state index < -0.39 is 12.1 Å². The van der Waals surface area contributed by atoms with Crippen LogP contribution in [0.5, 0.6) is 5.75 Å². The number of hydrogen-bond acceptors (Lipinski definition) is 6. The molecule has 2 aromatic rings. The number of halogens is 2. The van der Waals surface area contributed by atoms with E-state index in [9.17, 15) is 14.7 Å². The Morgan fingerprint density at radius 2 is 1.71 bits per heavy atom. The van der Waals surface area contributed by atoms with Crippen molar-refractivity contribution >= 4 is 36.8 Å². The van der Waals surface area contributed by atoms with Gasteiger partial charge in [-0.1, -0.05) is 42.5 Å². The van der Waals surface area contributed by atoms with Crippen LogP contribution < -0.4 is 10.6 Å². The van der Waals surface area contributed by atoms with E-state index in [1.165, 1.54) is 0 Å². The molecule has 1 aliphatic heterocycles. The van der Waals surface area contributed by atoms with Crippen molar-refractivity contribution in [2.45, 2.75) is 19.0 Å². The summed E-state index contributed by atoms with van der Waals surface area (Å²) in [6.45, 7) is 5.09. The molecule has 2 aromatic carbocycles. The highest BCUT2D eigenvalue weighted by molar-refractivity contribution is 5.86. The Morgan fingerprint density at radius 1 is 1.06 bits per heavy atom. The van der Waals surface area contributed by atoms with Crippen LogP contribution in [0.1, 0.15) is 11.1 Å². The van der Waals surface area contributed by atoms with Crippen LogP contribution in [0.4, 0.5) is 4.79 Å². The van der Waals surface area contributed by atoms with Gasteiger partial charge in [0.05, 0.1) is 0 Å². The predicted octanol–water partition coefficient (Wildman–Crippen LogP) is 2.44. The summed E-state index contributed by atoms with van der Waals surface area (Å²) in [6.07, 6.45) is -0.309. The Kier molecular flexibility index (Phi) is 13.4. The number of hydrogen-bond donors (Lipinski definition) is 3. The molecule has 0 bridgehead atoms. The third kappa shape index (κ3) is 9.77. The fourth-order valence-electron chi connectivity index (χ4n) is 3.66. The Labute approximate surface area is 213 Å². The number of phenols is 1. The minimum atomic E-state index is -0.778. The zero-order valence-electron chi connectivity index (χ0n) is 19.3. The number of benzene rings is 2. The van der Waals surface area contributed by atoms with Crippen molar-refractivity contribution in [3.8, 4) is 5.75 Å². The molecular formula is C24H34Cl2N4O4. The smallest absolute Gasteiger partial charge is 0.407 e. The van der Waals surface area contributed by atoms with Crippen molar-refractivity contribution in [2.24, 2.45) is 0 Å². The van der Waals surface area contributed by atoms with Gasteiger partial charge in [0.2, 0.25) is 5.91 Å². The van der Waals surface area contributed by atoms with E-state index in [1.807, 2.05) is 30.3 Å². The minimum Gasteiger partial charge on any atom is -0.508 e. The SMILES string of the molecule is CN(Cc1ccccc1)C(=O)[C@H](Cc1ccc(O)cc1)NC(=O)OCCN1CCNCC1.Cl.Cl. The molecule has 0 radical (unpaired) electrons. The molecule has 0 aromatic heterocycles. The first-order valence-corrected chi connectivity index (χ1v) is 10.9. The molecule has 1 atom stereocenters. The number of phenolic OH excluding ortho intramolecular Hbond substituents is 1. The molecule has 10 heteroatoms. The van der Waals surface area contributed by atoms with Crippen LogP contribution in [0, 0.1) is 0 Å². The molecule has 1 fully saturated rings. The lowest BCUT2D eigenvalue weighted by molar-refractivity contribution is -0.132. The summed E-state index contributed by atoms with van der Waals surface area (Å²) in [5.41, 5.74) is 1.83. The van der Waals surface area contributed by atoms with Crippen molar-refractivity contribution in [1.29, 1.82) is 0 Å². The fraction of sp³-hybridized carbons (Fsp3) is 0.417. The molecule has 2 amide bonds. The lowest BCUT2D eigenvalue weighted by Gasteiger charge is -2.27. The van der Waals surface area contributed by atoms with Crippen LogP contribution in [0.2, 0.25) is 0 Å². The molecule has 0 saturated carbocycles. The summed E-state index contributed by atoms with van der Waals surface area (Å²) in [5.74, 6) is -0.0564. The van der Waals surface area contributed by atoms with Gasteiger partial charge in [0.1, 0.15) is 18.4 Å². The number of amides is 2. The van der Waals surface area contributed by atoms with Crippen molar-refractivity contribution in [3.63, 3.8) is 0 Å². The molecule has 188 valence electrons. The van der Waals surface area contributed by atoms with E-state index in [0.717, 1.165) is 37.3 Å². The fourth-order valence-corrected chi connectivity index (χ4v) is 3.66. The van der Waals surface area contributed by atoms with Crippen LogP contribution >= 0.6 is 24.8 Å². The first-order valence-electron chi connectivity index (χ1n) is 10.9. The second-order valence-electron chi connectivity index (χ2n) is 7.97. The first-order chi connectivity index (χ1) is 15.5. The zero-order valence-corrected chi connectivity index (χ0v) is 20.9. The third-order valence-corrected chi connectivity index (χ3v) is 5.46. The van der Waals surface area contributed by atoms with Gasteiger partial charge in [0.15, 0.2) is 0 Å². The average Bonchev–Trinajstić information content (AvgIpc) is 2.81. The average molecular weight is 513 g/mol. The lowest BCUT2D eigenvalue weighted by Crippen LogP contribution is -2.49. The summed E-state index contributed by atoms with van der Waals surface area (Å²) < 4.78 is 5.36. The van der Waals surface area contributed by atoms with E-state index in [1.54, 1.807) is 36.2 Å². The molecule has 3 N–H and O–H groups in total. The van der Waals surface area contributed by atoms with E-state index >= 15 is 0 Å². The van der Waals surface area contributed by atoms with Crippen molar-refractivity contribution < 1.29 is 19.4 Å². The van der Waals surface area contributed by atoms with Gasteiger partial charge in [-0.2, -0.15) is 0 Å². The minimum absolute atomic E-state index is 0. The molecule has 1 heterocycles. The zero-order chi connectivity index (χ0) is 22.8. The van der Waals surface area contributed by atoms with Crippen molar-refractivity contribution in [2.75, 3.05) is 46.4 Å². The maximum Gasteiger partial charge on any atom is 0.407 e. The molecule has 1 saturated heterocycles.